The van der Waals surface area contributed by atoms with Crippen molar-refractivity contribution in [2.45, 2.75) is 32.4 Å². The highest BCUT2D eigenvalue weighted by atomic mass is 16.5. The maximum Gasteiger partial charge on any atom is 0.265 e. The van der Waals surface area contributed by atoms with Gasteiger partial charge in [-0.05, 0) is 49.2 Å². The zero-order chi connectivity index (χ0) is 19.7. The van der Waals surface area contributed by atoms with E-state index in [1.54, 1.807) is 37.3 Å². The zero-order valence-corrected chi connectivity index (χ0v) is 15.5. The predicted octanol–water partition coefficient (Wildman–Crippen LogP) is 2.78. The summed E-state index contributed by atoms with van der Waals surface area (Å²) in [5.41, 5.74) is 2.61. The van der Waals surface area contributed by atoms with Crippen molar-refractivity contribution in [3.8, 4) is 5.75 Å². The van der Waals surface area contributed by atoms with Crippen molar-refractivity contribution in [1.82, 2.24) is 4.90 Å². The van der Waals surface area contributed by atoms with Gasteiger partial charge in [0.05, 0.1) is 5.69 Å². The number of hydrogen-bond acceptors (Lipinski definition) is 4. The molecule has 0 radical (unpaired) electrons. The van der Waals surface area contributed by atoms with Crippen molar-refractivity contribution in [2.24, 2.45) is 0 Å². The Kier molecular flexibility index (Phi) is 4.73. The van der Waals surface area contributed by atoms with E-state index in [-0.39, 0.29) is 17.7 Å². The molecule has 0 bridgehead atoms. The fourth-order valence-corrected chi connectivity index (χ4v) is 3.34. The number of carbonyl (C=O) groups is 3. The normalized spacial score (nSPS) is 18.3. The van der Waals surface area contributed by atoms with Gasteiger partial charge in [-0.2, -0.15) is 0 Å². The van der Waals surface area contributed by atoms with Crippen LogP contribution in [0.15, 0.2) is 42.5 Å². The van der Waals surface area contributed by atoms with Crippen LogP contribution in [0.2, 0.25) is 0 Å². The maximum absolute atomic E-state index is 12.5. The van der Waals surface area contributed by atoms with Crippen molar-refractivity contribution in [2.75, 3.05) is 17.2 Å². The Morgan fingerprint density at radius 2 is 2.00 bits per heavy atom. The largest absolute Gasteiger partial charge is 0.479 e. The molecule has 7 nitrogen and oxygen atoms in total. The molecule has 3 amide bonds. The van der Waals surface area contributed by atoms with Gasteiger partial charge in [-0.25, -0.2) is 0 Å². The number of benzene rings is 2. The summed E-state index contributed by atoms with van der Waals surface area (Å²) in [4.78, 5) is 37.8. The van der Waals surface area contributed by atoms with Gasteiger partial charge >= 0.3 is 0 Å². The minimum Gasteiger partial charge on any atom is -0.479 e. The zero-order valence-electron chi connectivity index (χ0n) is 15.5. The standard InChI is InChI=1S/C21H21N3O4/c1-13-20(26)23-17-11-16(8-9-18(17)28-13)22-21(27)15-6-4-14(5-7-15)12-24-10-2-3-19(24)25/h4-9,11,13H,2-3,10,12H2,1H3,(H,22,27)(H,23,26)/t13-/m0/s1. The summed E-state index contributed by atoms with van der Waals surface area (Å²) in [5, 5.41) is 5.58. The summed E-state index contributed by atoms with van der Waals surface area (Å²) in [5.74, 6) is 0.286. The Morgan fingerprint density at radius 1 is 1.21 bits per heavy atom. The fraction of sp³-hybridized carbons (Fsp3) is 0.286. The lowest BCUT2D eigenvalue weighted by Gasteiger charge is -2.23. The molecule has 7 heteroatoms. The van der Waals surface area contributed by atoms with Crippen molar-refractivity contribution in [3.63, 3.8) is 0 Å². The molecule has 28 heavy (non-hydrogen) atoms. The second kappa shape index (κ2) is 7.34. The number of rotatable bonds is 4. The first-order chi connectivity index (χ1) is 13.5. The van der Waals surface area contributed by atoms with Gasteiger partial charge < -0.3 is 20.3 Å². The Morgan fingerprint density at radius 3 is 2.71 bits per heavy atom. The number of ether oxygens (including phenoxy) is 1. The Balaban J connectivity index is 1.42. The lowest BCUT2D eigenvalue weighted by atomic mass is 10.1. The van der Waals surface area contributed by atoms with E-state index in [9.17, 15) is 14.4 Å². The minimum absolute atomic E-state index is 0.180. The lowest BCUT2D eigenvalue weighted by molar-refractivity contribution is -0.128. The Hall–Kier alpha value is -3.35. The number of hydrogen-bond donors (Lipinski definition) is 2. The third-order valence-corrected chi connectivity index (χ3v) is 4.93. The Labute approximate surface area is 162 Å². The molecule has 144 valence electrons. The van der Waals surface area contributed by atoms with Crippen molar-refractivity contribution in [1.29, 1.82) is 0 Å². The first-order valence-electron chi connectivity index (χ1n) is 9.29. The van der Waals surface area contributed by atoms with Gasteiger partial charge in [-0.15, -0.1) is 0 Å². The summed E-state index contributed by atoms with van der Waals surface area (Å²) in [6.45, 7) is 3.04. The predicted molar refractivity (Wildman–Crippen MR) is 104 cm³/mol. The van der Waals surface area contributed by atoms with Crippen molar-refractivity contribution < 1.29 is 19.1 Å². The van der Waals surface area contributed by atoms with E-state index in [1.165, 1.54) is 0 Å². The average Bonchev–Trinajstić information content (AvgIpc) is 3.08. The Bertz CT molecular complexity index is 939. The van der Waals surface area contributed by atoms with Gasteiger partial charge in [0.2, 0.25) is 5.91 Å². The summed E-state index contributed by atoms with van der Waals surface area (Å²) in [6.07, 6.45) is 0.984. The molecule has 0 spiro atoms. The van der Waals surface area contributed by atoms with E-state index in [0.717, 1.165) is 18.5 Å². The molecular formula is C21H21N3O4. The van der Waals surface area contributed by atoms with Crippen LogP contribution < -0.4 is 15.4 Å². The van der Waals surface area contributed by atoms with Crippen LogP contribution in [-0.2, 0) is 16.1 Å². The average molecular weight is 379 g/mol. The number of carbonyl (C=O) groups excluding carboxylic acids is 3. The first-order valence-corrected chi connectivity index (χ1v) is 9.29. The number of fused-ring (bicyclic) bond motifs is 1. The summed E-state index contributed by atoms with van der Waals surface area (Å²) >= 11 is 0. The molecular weight excluding hydrogens is 358 g/mol. The number of likely N-dealkylation sites (tertiary alicyclic amines) is 1. The molecule has 2 N–H and O–H groups in total. The third-order valence-electron chi connectivity index (χ3n) is 4.93. The van der Waals surface area contributed by atoms with E-state index in [0.29, 0.717) is 35.7 Å². The summed E-state index contributed by atoms with van der Waals surface area (Å²) < 4.78 is 5.51. The van der Waals surface area contributed by atoms with Crippen LogP contribution in [0.3, 0.4) is 0 Å². The molecule has 2 aromatic rings. The molecule has 1 saturated heterocycles. The highest BCUT2D eigenvalue weighted by Crippen LogP contribution is 2.32. The number of nitrogens with one attached hydrogen (secondary N) is 2. The van der Waals surface area contributed by atoms with Crippen LogP contribution in [0.4, 0.5) is 11.4 Å². The smallest absolute Gasteiger partial charge is 0.265 e. The maximum atomic E-state index is 12.5. The van der Waals surface area contributed by atoms with Gasteiger partial charge in [0.25, 0.3) is 11.8 Å². The van der Waals surface area contributed by atoms with Crippen LogP contribution >= 0.6 is 0 Å². The minimum atomic E-state index is -0.540. The highest BCUT2D eigenvalue weighted by molar-refractivity contribution is 6.05. The number of anilines is 2. The molecule has 2 aromatic carbocycles. The SMILES string of the molecule is C[C@@H]1Oc2ccc(NC(=O)c3ccc(CN4CCCC4=O)cc3)cc2NC1=O. The number of amides is 3. The van der Waals surface area contributed by atoms with Crippen LogP contribution in [0, 0.1) is 0 Å². The fourth-order valence-electron chi connectivity index (χ4n) is 3.34. The molecule has 2 heterocycles. The third kappa shape index (κ3) is 3.69. The summed E-state index contributed by atoms with van der Waals surface area (Å²) in [6, 6.07) is 12.3. The van der Waals surface area contributed by atoms with Crippen LogP contribution in [-0.4, -0.2) is 35.3 Å². The van der Waals surface area contributed by atoms with Gasteiger partial charge in [0.15, 0.2) is 6.10 Å². The molecule has 0 aromatic heterocycles. The van der Waals surface area contributed by atoms with Gasteiger partial charge in [0.1, 0.15) is 5.75 Å². The van der Waals surface area contributed by atoms with Crippen LogP contribution in [0.1, 0.15) is 35.7 Å². The summed E-state index contributed by atoms with van der Waals surface area (Å²) in [7, 11) is 0. The van der Waals surface area contributed by atoms with Crippen LogP contribution in [0.5, 0.6) is 5.75 Å². The van der Waals surface area contributed by atoms with Crippen LogP contribution in [0.25, 0.3) is 0 Å². The van der Waals surface area contributed by atoms with Gasteiger partial charge in [-0.1, -0.05) is 12.1 Å². The van der Waals surface area contributed by atoms with E-state index in [2.05, 4.69) is 10.6 Å². The second-order valence-corrected chi connectivity index (χ2v) is 7.03. The second-order valence-electron chi connectivity index (χ2n) is 7.03. The molecule has 4 rings (SSSR count). The number of nitrogens with zero attached hydrogens (tertiary/aromatic N) is 1. The van der Waals surface area contributed by atoms with Crippen molar-refractivity contribution in [3.05, 3.63) is 53.6 Å². The van der Waals surface area contributed by atoms with E-state index in [4.69, 9.17) is 4.74 Å². The van der Waals surface area contributed by atoms with Gasteiger partial charge in [0, 0.05) is 30.8 Å². The quantitative estimate of drug-likeness (QED) is 0.855. The van der Waals surface area contributed by atoms with E-state index >= 15 is 0 Å². The lowest BCUT2D eigenvalue weighted by Crippen LogP contribution is -2.34. The van der Waals surface area contributed by atoms with E-state index < -0.39 is 6.10 Å². The first kappa shape index (κ1) is 18.0. The van der Waals surface area contributed by atoms with Gasteiger partial charge in [-0.3, -0.25) is 14.4 Å². The molecule has 0 saturated carbocycles. The molecule has 1 atom stereocenters. The molecule has 0 unspecified atom stereocenters. The highest BCUT2D eigenvalue weighted by Gasteiger charge is 2.24. The van der Waals surface area contributed by atoms with Crippen molar-refractivity contribution >= 4 is 29.1 Å². The molecule has 2 aliphatic heterocycles. The molecule has 2 aliphatic rings. The topological polar surface area (TPSA) is 87.7 Å². The molecule has 0 aliphatic carbocycles. The monoisotopic (exact) mass is 379 g/mol. The molecule has 1 fully saturated rings. The van der Waals surface area contributed by atoms with E-state index in [1.807, 2.05) is 17.0 Å².